The Morgan fingerprint density at radius 3 is 1.45 bits per heavy atom. The lowest BCUT2D eigenvalue weighted by molar-refractivity contribution is 0.590. The Bertz CT molecular complexity index is 1240. The van der Waals surface area contributed by atoms with Crippen molar-refractivity contribution in [3.63, 3.8) is 0 Å². The van der Waals surface area contributed by atoms with Gasteiger partial charge in [-0.3, -0.25) is 0 Å². The van der Waals surface area contributed by atoms with Crippen LogP contribution >= 0.6 is 0 Å². The van der Waals surface area contributed by atoms with E-state index >= 15 is 0 Å². The maximum atomic E-state index is 2.36. The average molecular weight is 376 g/mol. The molecule has 142 valence electrons. The van der Waals surface area contributed by atoms with E-state index in [0.29, 0.717) is 0 Å². The molecule has 0 bridgehead atoms. The van der Waals surface area contributed by atoms with Crippen LogP contribution in [-0.2, 0) is 5.41 Å². The van der Waals surface area contributed by atoms with Gasteiger partial charge in [0.05, 0.1) is 11.0 Å². The van der Waals surface area contributed by atoms with Crippen molar-refractivity contribution < 1.29 is 0 Å². The third-order valence-electron chi connectivity index (χ3n) is 5.79. The van der Waals surface area contributed by atoms with Crippen molar-refractivity contribution in [2.24, 2.45) is 0 Å². The number of hydrogen-bond donors (Lipinski definition) is 0. The molecule has 0 atom stereocenters. The minimum atomic E-state index is 0.179. The van der Waals surface area contributed by atoms with E-state index in [9.17, 15) is 0 Å². The first-order valence-corrected chi connectivity index (χ1v) is 10.2. The van der Waals surface area contributed by atoms with Crippen LogP contribution < -0.4 is 0 Å². The molecule has 1 nitrogen and oxygen atoms in total. The molecule has 0 unspecified atom stereocenters. The summed E-state index contributed by atoms with van der Waals surface area (Å²) in [7, 11) is 0. The lowest BCUT2D eigenvalue weighted by Gasteiger charge is -2.19. The molecule has 5 aromatic rings. The highest BCUT2D eigenvalue weighted by Gasteiger charge is 2.14. The molecule has 5 rings (SSSR count). The number of fused-ring (bicyclic) bond motifs is 3. The predicted octanol–water partition coefficient (Wildman–Crippen LogP) is 7.75. The molecule has 29 heavy (non-hydrogen) atoms. The molecule has 1 aromatic heterocycles. The molecule has 0 aliphatic heterocycles. The first kappa shape index (κ1) is 17.8. The summed E-state index contributed by atoms with van der Waals surface area (Å²) in [5, 5.41) is 2.59. The summed E-state index contributed by atoms with van der Waals surface area (Å²) in [6.45, 7) is 6.76. The Morgan fingerprint density at radius 2 is 0.966 bits per heavy atom. The van der Waals surface area contributed by atoms with Gasteiger partial charge < -0.3 is 4.57 Å². The van der Waals surface area contributed by atoms with Crippen molar-refractivity contribution in [2.75, 3.05) is 0 Å². The zero-order valence-corrected chi connectivity index (χ0v) is 17.2. The van der Waals surface area contributed by atoms with E-state index in [0.717, 1.165) is 0 Å². The molecule has 0 radical (unpaired) electrons. The Balaban J connectivity index is 1.59. The predicted molar refractivity (Wildman–Crippen MR) is 125 cm³/mol. The number of nitrogens with zero attached hydrogens (tertiary/aromatic N) is 1. The highest BCUT2D eigenvalue weighted by atomic mass is 15.0. The van der Waals surface area contributed by atoms with Gasteiger partial charge in [-0.2, -0.15) is 0 Å². The van der Waals surface area contributed by atoms with Gasteiger partial charge in [0.2, 0.25) is 0 Å². The van der Waals surface area contributed by atoms with Crippen LogP contribution in [0.3, 0.4) is 0 Å². The lowest BCUT2D eigenvalue weighted by Crippen LogP contribution is -2.10. The van der Waals surface area contributed by atoms with Crippen molar-refractivity contribution in [1.29, 1.82) is 0 Å². The van der Waals surface area contributed by atoms with Gasteiger partial charge in [-0.05, 0) is 46.4 Å². The molecule has 0 N–H and O–H groups in total. The average Bonchev–Trinajstić information content (AvgIpc) is 3.08. The van der Waals surface area contributed by atoms with Crippen LogP contribution in [0, 0.1) is 0 Å². The maximum Gasteiger partial charge on any atom is 0.0541 e. The Kier molecular flexibility index (Phi) is 4.06. The number of benzene rings is 4. The van der Waals surface area contributed by atoms with Crippen molar-refractivity contribution >= 4 is 21.8 Å². The summed E-state index contributed by atoms with van der Waals surface area (Å²) >= 11 is 0. The van der Waals surface area contributed by atoms with Crippen molar-refractivity contribution in [3.05, 3.63) is 103 Å². The smallest absolute Gasteiger partial charge is 0.0541 e. The van der Waals surface area contributed by atoms with Crippen molar-refractivity contribution in [3.8, 4) is 16.8 Å². The van der Waals surface area contributed by atoms with Gasteiger partial charge in [-0.1, -0.05) is 93.6 Å². The van der Waals surface area contributed by atoms with Crippen LogP contribution in [0.25, 0.3) is 38.6 Å². The minimum Gasteiger partial charge on any atom is -0.309 e. The van der Waals surface area contributed by atoms with E-state index in [-0.39, 0.29) is 5.41 Å². The molecule has 0 saturated heterocycles. The van der Waals surface area contributed by atoms with E-state index in [4.69, 9.17) is 0 Å². The van der Waals surface area contributed by atoms with Crippen LogP contribution in [-0.4, -0.2) is 4.57 Å². The molecule has 0 saturated carbocycles. The van der Waals surface area contributed by atoms with E-state index in [1.807, 2.05) is 0 Å². The second-order valence-corrected chi connectivity index (χ2v) is 8.74. The molecular weight excluding hydrogens is 350 g/mol. The SMILES string of the molecule is CC(C)(C)c1ccc(-c2ccc(-n3c4ccccc4c4ccccc43)cc2)cc1. The fourth-order valence-electron chi connectivity index (χ4n) is 4.17. The molecule has 4 aromatic carbocycles. The molecule has 1 heterocycles. The number of aromatic nitrogens is 1. The molecular formula is C28H25N. The first-order chi connectivity index (χ1) is 14.0. The quantitative estimate of drug-likeness (QED) is 0.297. The third-order valence-corrected chi connectivity index (χ3v) is 5.79. The minimum absolute atomic E-state index is 0.179. The standard InChI is InChI=1S/C28H25N/c1-28(2,3)22-16-12-20(13-17-22)21-14-18-23(19-15-21)29-26-10-6-4-8-24(26)25-9-5-7-11-27(25)29/h4-19H,1-3H3. The first-order valence-electron chi connectivity index (χ1n) is 10.2. The van der Waals surface area contributed by atoms with Crippen molar-refractivity contribution in [1.82, 2.24) is 4.57 Å². The second kappa shape index (κ2) is 6.63. The van der Waals surface area contributed by atoms with Gasteiger partial charge in [0.15, 0.2) is 0 Å². The lowest BCUT2D eigenvalue weighted by atomic mass is 9.86. The van der Waals surface area contributed by atoms with E-state index in [2.05, 4.69) is 122 Å². The van der Waals surface area contributed by atoms with Gasteiger partial charge in [0.25, 0.3) is 0 Å². The van der Waals surface area contributed by atoms with Gasteiger partial charge in [-0.25, -0.2) is 0 Å². The van der Waals surface area contributed by atoms with E-state index < -0.39 is 0 Å². The summed E-state index contributed by atoms with van der Waals surface area (Å²) in [4.78, 5) is 0. The molecule has 0 fully saturated rings. The normalized spacial score (nSPS) is 12.0. The fraction of sp³-hybridized carbons (Fsp3) is 0.143. The third kappa shape index (κ3) is 3.03. The van der Waals surface area contributed by atoms with Crippen molar-refractivity contribution in [2.45, 2.75) is 26.2 Å². The number of para-hydroxylation sites is 2. The summed E-state index contributed by atoms with van der Waals surface area (Å²) in [5.74, 6) is 0. The van der Waals surface area contributed by atoms with Gasteiger partial charge in [0.1, 0.15) is 0 Å². The number of rotatable bonds is 2. The zero-order chi connectivity index (χ0) is 20.0. The summed E-state index contributed by atoms with van der Waals surface area (Å²) in [6, 6.07) is 35.1. The Hall–Kier alpha value is -3.32. The Morgan fingerprint density at radius 1 is 0.517 bits per heavy atom. The van der Waals surface area contributed by atoms with Gasteiger partial charge in [-0.15, -0.1) is 0 Å². The van der Waals surface area contributed by atoms with Crippen LogP contribution in [0.1, 0.15) is 26.3 Å². The number of hydrogen-bond acceptors (Lipinski definition) is 0. The monoisotopic (exact) mass is 375 g/mol. The summed E-state index contributed by atoms with van der Waals surface area (Å²) < 4.78 is 2.36. The molecule has 0 spiro atoms. The summed E-state index contributed by atoms with van der Waals surface area (Å²) in [5.41, 5.74) is 7.73. The van der Waals surface area contributed by atoms with Crippen LogP contribution in [0.4, 0.5) is 0 Å². The molecule has 0 amide bonds. The Labute approximate surface area is 172 Å². The largest absolute Gasteiger partial charge is 0.309 e. The molecule has 0 aliphatic rings. The van der Waals surface area contributed by atoms with Crippen LogP contribution in [0.15, 0.2) is 97.1 Å². The van der Waals surface area contributed by atoms with Gasteiger partial charge in [0, 0.05) is 16.5 Å². The van der Waals surface area contributed by atoms with E-state index in [1.54, 1.807) is 0 Å². The molecule has 1 heteroatoms. The zero-order valence-electron chi connectivity index (χ0n) is 17.2. The highest BCUT2D eigenvalue weighted by molar-refractivity contribution is 6.09. The van der Waals surface area contributed by atoms with E-state index in [1.165, 1.54) is 44.2 Å². The second-order valence-electron chi connectivity index (χ2n) is 8.74. The summed E-state index contributed by atoms with van der Waals surface area (Å²) in [6.07, 6.45) is 0. The fourth-order valence-corrected chi connectivity index (χ4v) is 4.17. The van der Waals surface area contributed by atoms with Crippen LogP contribution in [0.5, 0.6) is 0 Å². The highest BCUT2D eigenvalue weighted by Crippen LogP contribution is 2.33. The topological polar surface area (TPSA) is 4.93 Å². The van der Waals surface area contributed by atoms with Crippen LogP contribution in [0.2, 0.25) is 0 Å². The maximum absolute atomic E-state index is 2.36. The van der Waals surface area contributed by atoms with Gasteiger partial charge >= 0.3 is 0 Å². The molecule has 0 aliphatic carbocycles.